The standard InChI is InChI=1S/C21H25NO7/c1-22-21(27)14-4-2-12(3-5-14)11-28-15-8-6-13(7-9-15)20-19(26)18(25)17(24)16(10-23)29-20/h2-9,16-20,23-26H,10-11H2,1H3,(H,22,27)/t16?,17-,18?,19?,20-/m1/s1. The van der Waals surface area contributed by atoms with Gasteiger partial charge in [0.05, 0.1) is 6.61 Å². The molecule has 0 aliphatic carbocycles. The van der Waals surface area contributed by atoms with E-state index in [9.17, 15) is 25.2 Å². The van der Waals surface area contributed by atoms with Crippen molar-refractivity contribution in [3.63, 3.8) is 0 Å². The zero-order valence-corrected chi connectivity index (χ0v) is 15.9. The van der Waals surface area contributed by atoms with Crippen molar-refractivity contribution in [3.05, 3.63) is 65.2 Å². The number of amides is 1. The molecule has 5 atom stereocenters. The summed E-state index contributed by atoms with van der Waals surface area (Å²) < 4.78 is 11.3. The molecule has 1 saturated heterocycles. The van der Waals surface area contributed by atoms with Crippen molar-refractivity contribution in [2.75, 3.05) is 13.7 Å². The Morgan fingerprint density at radius 2 is 1.66 bits per heavy atom. The minimum atomic E-state index is -1.42. The summed E-state index contributed by atoms with van der Waals surface area (Å²) in [4.78, 5) is 11.6. The fourth-order valence-electron chi connectivity index (χ4n) is 3.19. The molecule has 1 fully saturated rings. The van der Waals surface area contributed by atoms with Crippen LogP contribution in [0.3, 0.4) is 0 Å². The highest BCUT2D eigenvalue weighted by Crippen LogP contribution is 2.33. The fourth-order valence-corrected chi connectivity index (χ4v) is 3.19. The van der Waals surface area contributed by atoms with E-state index in [2.05, 4.69) is 5.32 Å². The average Bonchev–Trinajstić information content (AvgIpc) is 2.76. The van der Waals surface area contributed by atoms with E-state index < -0.39 is 37.1 Å². The number of hydrogen-bond acceptors (Lipinski definition) is 7. The molecule has 3 unspecified atom stereocenters. The van der Waals surface area contributed by atoms with Gasteiger partial charge in [0, 0.05) is 12.6 Å². The molecule has 5 N–H and O–H groups in total. The zero-order valence-electron chi connectivity index (χ0n) is 15.9. The number of nitrogens with one attached hydrogen (secondary N) is 1. The number of carbonyl (C=O) groups is 1. The van der Waals surface area contributed by atoms with Gasteiger partial charge in [-0.1, -0.05) is 24.3 Å². The molecule has 1 aliphatic heterocycles. The minimum Gasteiger partial charge on any atom is -0.489 e. The lowest BCUT2D eigenvalue weighted by Gasteiger charge is -2.40. The Hall–Kier alpha value is -2.49. The number of rotatable bonds is 6. The van der Waals surface area contributed by atoms with Crippen LogP contribution in [0.1, 0.15) is 27.6 Å². The van der Waals surface area contributed by atoms with Gasteiger partial charge in [-0.3, -0.25) is 4.79 Å². The van der Waals surface area contributed by atoms with Crippen LogP contribution in [0.15, 0.2) is 48.5 Å². The van der Waals surface area contributed by atoms with E-state index in [1.54, 1.807) is 43.4 Å². The maximum absolute atomic E-state index is 11.6. The van der Waals surface area contributed by atoms with Crippen LogP contribution >= 0.6 is 0 Å². The first-order chi connectivity index (χ1) is 13.9. The second-order valence-electron chi connectivity index (χ2n) is 6.88. The molecule has 3 rings (SSSR count). The quantitative estimate of drug-likeness (QED) is 0.464. The van der Waals surface area contributed by atoms with Crippen LogP contribution in [0.2, 0.25) is 0 Å². The molecule has 2 aromatic carbocycles. The number of aliphatic hydroxyl groups is 4. The Kier molecular flexibility index (Phi) is 6.83. The second kappa shape index (κ2) is 9.34. The van der Waals surface area contributed by atoms with Crippen LogP contribution in [0.25, 0.3) is 0 Å². The molecule has 8 nitrogen and oxygen atoms in total. The third kappa shape index (κ3) is 4.75. The smallest absolute Gasteiger partial charge is 0.251 e. The van der Waals surface area contributed by atoms with Crippen LogP contribution in [0.5, 0.6) is 5.75 Å². The van der Waals surface area contributed by atoms with E-state index in [1.165, 1.54) is 0 Å². The third-order valence-corrected chi connectivity index (χ3v) is 4.95. The zero-order chi connectivity index (χ0) is 21.0. The first-order valence-corrected chi connectivity index (χ1v) is 9.29. The van der Waals surface area contributed by atoms with Crippen molar-refractivity contribution in [2.24, 2.45) is 0 Å². The maximum atomic E-state index is 11.6. The van der Waals surface area contributed by atoms with Gasteiger partial charge in [-0.15, -0.1) is 0 Å². The van der Waals surface area contributed by atoms with Gasteiger partial charge >= 0.3 is 0 Å². The molecular weight excluding hydrogens is 378 g/mol. The molecule has 1 aliphatic rings. The molecule has 29 heavy (non-hydrogen) atoms. The molecular formula is C21H25NO7. The van der Waals surface area contributed by atoms with E-state index >= 15 is 0 Å². The number of hydrogen-bond donors (Lipinski definition) is 5. The topological polar surface area (TPSA) is 128 Å². The van der Waals surface area contributed by atoms with Gasteiger partial charge in [0.15, 0.2) is 0 Å². The van der Waals surface area contributed by atoms with Gasteiger partial charge in [0.1, 0.15) is 42.9 Å². The van der Waals surface area contributed by atoms with E-state index in [0.29, 0.717) is 23.5 Å². The first kappa shape index (κ1) is 21.2. The monoisotopic (exact) mass is 403 g/mol. The predicted octanol–water partition coefficient (Wildman–Crippen LogP) is 0.140. The van der Waals surface area contributed by atoms with Crippen LogP contribution in [-0.4, -0.2) is 64.4 Å². The van der Waals surface area contributed by atoms with Gasteiger partial charge in [0.2, 0.25) is 0 Å². The summed E-state index contributed by atoms with van der Waals surface area (Å²) in [7, 11) is 1.58. The predicted molar refractivity (Wildman–Crippen MR) is 103 cm³/mol. The molecule has 0 aromatic heterocycles. The highest BCUT2D eigenvalue weighted by Gasteiger charge is 2.43. The lowest BCUT2D eigenvalue weighted by molar-refractivity contribution is -0.231. The van der Waals surface area contributed by atoms with E-state index in [-0.39, 0.29) is 5.91 Å². The highest BCUT2D eigenvalue weighted by molar-refractivity contribution is 5.93. The summed E-state index contributed by atoms with van der Waals surface area (Å²) in [5, 5.41) is 41.8. The Bertz CT molecular complexity index is 807. The van der Waals surface area contributed by atoms with Crippen molar-refractivity contribution < 1.29 is 34.7 Å². The molecule has 0 spiro atoms. The van der Waals surface area contributed by atoms with Crippen LogP contribution < -0.4 is 10.1 Å². The number of benzene rings is 2. The van der Waals surface area contributed by atoms with E-state index in [1.807, 2.05) is 12.1 Å². The SMILES string of the molecule is CNC(=O)c1ccc(COc2ccc([C@H]3OC(CO)[C@@H](O)C(O)C3O)cc2)cc1. The Morgan fingerprint density at radius 1 is 1.00 bits per heavy atom. The highest BCUT2D eigenvalue weighted by atomic mass is 16.5. The van der Waals surface area contributed by atoms with Crippen molar-refractivity contribution in [1.29, 1.82) is 0 Å². The second-order valence-corrected chi connectivity index (χ2v) is 6.88. The minimum absolute atomic E-state index is 0.152. The lowest BCUT2D eigenvalue weighted by atomic mass is 9.91. The van der Waals surface area contributed by atoms with Crippen LogP contribution in [-0.2, 0) is 11.3 Å². The largest absolute Gasteiger partial charge is 0.489 e. The van der Waals surface area contributed by atoms with Gasteiger partial charge < -0.3 is 35.2 Å². The van der Waals surface area contributed by atoms with Gasteiger partial charge in [-0.25, -0.2) is 0 Å². The fraction of sp³-hybridized carbons (Fsp3) is 0.381. The summed E-state index contributed by atoms with van der Waals surface area (Å²) in [6.45, 7) is -0.158. The molecule has 0 saturated carbocycles. The van der Waals surface area contributed by atoms with E-state index in [0.717, 1.165) is 5.56 Å². The summed E-state index contributed by atoms with van der Waals surface area (Å²) >= 11 is 0. The normalized spacial score (nSPS) is 26.7. The number of ether oxygens (including phenoxy) is 2. The molecule has 0 radical (unpaired) electrons. The van der Waals surface area contributed by atoms with Gasteiger partial charge in [-0.05, 0) is 35.4 Å². The Balaban J connectivity index is 1.62. The average molecular weight is 403 g/mol. The van der Waals surface area contributed by atoms with Crippen molar-refractivity contribution in [1.82, 2.24) is 5.32 Å². The summed E-state index contributed by atoms with van der Waals surface area (Å²) in [6.07, 6.45) is -5.95. The third-order valence-electron chi connectivity index (χ3n) is 4.95. The Labute approximate surface area is 168 Å². The Morgan fingerprint density at radius 3 is 2.24 bits per heavy atom. The van der Waals surface area contributed by atoms with Crippen LogP contribution in [0.4, 0.5) is 0 Å². The first-order valence-electron chi connectivity index (χ1n) is 9.29. The van der Waals surface area contributed by atoms with E-state index in [4.69, 9.17) is 9.47 Å². The van der Waals surface area contributed by atoms with Gasteiger partial charge in [-0.2, -0.15) is 0 Å². The number of carbonyl (C=O) groups excluding carboxylic acids is 1. The summed E-state index contributed by atoms with van der Waals surface area (Å²) in [5.74, 6) is 0.440. The molecule has 156 valence electrons. The van der Waals surface area contributed by atoms with Crippen LogP contribution in [0, 0.1) is 0 Å². The molecule has 1 heterocycles. The molecule has 2 aromatic rings. The van der Waals surface area contributed by atoms with Crippen molar-refractivity contribution >= 4 is 5.91 Å². The van der Waals surface area contributed by atoms with Crippen molar-refractivity contribution in [2.45, 2.75) is 37.1 Å². The summed E-state index contributed by atoms with van der Waals surface area (Å²) in [5.41, 5.74) is 2.06. The summed E-state index contributed by atoms with van der Waals surface area (Å²) in [6, 6.07) is 13.9. The molecule has 8 heteroatoms. The molecule has 0 bridgehead atoms. The number of aliphatic hydroxyl groups excluding tert-OH is 4. The van der Waals surface area contributed by atoms with Gasteiger partial charge in [0.25, 0.3) is 5.91 Å². The molecule has 1 amide bonds. The lowest BCUT2D eigenvalue weighted by Crippen LogP contribution is -2.55. The maximum Gasteiger partial charge on any atom is 0.251 e. The van der Waals surface area contributed by atoms with Crippen molar-refractivity contribution in [3.8, 4) is 5.75 Å².